The fraction of sp³-hybridized carbons (Fsp3) is 0.867. The maximum atomic E-state index is 12.4. The van der Waals surface area contributed by atoms with Crippen molar-refractivity contribution < 1.29 is 14.7 Å². The molecule has 0 spiro atoms. The first-order valence-corrected chi connectivity index (χ1v) is 7.62. The summed E-state index contributed by atoms with van der Waals surface area (Å²) in [5.41, 5.74) is -0.796. The molecule has 1 N–H and O–H groups in total. The van der Waals surface area contributed by atoms with Gasteiger partial charge in [0, 0.05) is 19.0 Å². The van der Waals surface area contributed by atoms with E-state index in [-0.39, 0.29) is 12.3 Å². The van der Waals surface area contributed by atoms with Crippen LogP contribution in [0.2, 0.25) is 0 Å². The minimum Gasteiger partial charge on any atom is -0.481 e. The lowest BCUT2D eigenvalue weighted by Gasteiger charge is -2.30. The van der Waals surface area contributed by atoms with Crippen LogP contribution in [-0.2, 0) is 9.59 Å². The zero-order chi connectivity index (χ0) is 13.9. The van der Waals surface area contributed by atoms with E-state index in [2.05, 4.69) is 0 Å². The summed E-state index contributed by atoms with van der Waals surface area (Å²) in [5, 5.41) is 9.60. The number of aliphatic carboxylic acids is 1. The molecule has 0 bridgehead atoms. The number of carbonyl (C=O) groups excluding carboxylic acids is 1. The van der Waals surface area contributed by atoms with Crippen LogP contribution in [0, 0.1) is 5.41 Å². The van der Waals surface area contributed by atoms with Crippen molar-refractivity contribution in [2.24, 2.45) is 5.41 Å². The molecule has 108 valence electrons. The fourth-order valence-electron chi connectivity index (χ4n) is 3.29. The van der Waals surface area contributed by atoms with E-state index in [0.29, 0.717) is 25.4 Å². The van der Waals surface area contributed by atoms with Crippen molar-refractivity contribution in [2.75, 3.05) is 6.54 Å². The van der Waals surface area contributed by atoms with Gasteiger partial charge in [-0.3, -0.25) is 9.59 Å². The maximum Gasteiger partial charge on any atom is 0.310 e. The molecule has 0 aromatic rings. The van der Waals surface area contributed by atoms with Crippen LogP contribution in [0.15, 0.2) is 0 Å². The molecule has 4 heteroatoms. The van der Waals surface area contributed by atoms with Crippen molar-refractivity contribution in [3.8, 4) is 0 Å². The highest BCUT2D eigenvalue weighted by molar-refractivity contribution is 5.85. The van der Waals surface area contributed by atoms with E-state index in [1.165, 1.54) is 0 Å². The Morgan fingerprint density at radius 2 is 1.74 bits per heavy atom. The van der Waals surface area contributed by atoms with Gasteiger partial charge in [0.1, 0.15) is 0 Å². The van der Waals surface area contributed by atoms with Gasteiger partial charge in [0.2, 0.25) is 5.91 Å². The van der Waals surface area contributed by atoms with Crippen molar-refractivity contribution >= 4 is 11.9 Å². The predicted octanol–water partition coefficient (Wildman–Crippen LogP) is 2.81. The molecule has 2 saturated carbocycles. The van der Waals surface area contributed by atoms with Gasteiger partial charge >= 0.3 is 5.97 Å². The SMILES string of the molecule is CCN(C(=O)CC1(C(=O)O)CCCCCC1)C1CC1. The summed E-state index contributed by atoms with van der Waals surface area (Å²) in [6, 6.07) is 0.383. The lowest BCUT2D eigenvalue weighted by molar-refractivity contribution is -0.155. The van der Waals surface area contributed by atoms with Crippen LogP contribution in [0.1, 0.15) is 64.7 Å². The first kappa shape index (κ1) is 14.4. The van der Waals surface area contributed by atoms with Gasteiger partial charge in [0.05, 0.1) is 5.41 Å². The highest BCUT2D eigenvalue weighted by Crippen LogP contribution is 2.40. The molecule has 2 aliphatic rings. The Hall–Kier alpha value is -1.06. The number of amides is 1. The molecule has 0 aromatic carbocycles. The van der Waals surface area contributed by atoms with Crippen LogP contribution in [0.3, 0.4) is 0 Å². The third-order valence-electron chi connectivity index (χ3n) is 4.65. The Morgan fingerprint density at radius 1 is 1.16 bits per heavy atom. The van der Waals surface area contributed by atoms with Crippen LogP contribution in [0.25, 0.3) is 0 Å². The van der Waals surface area contributed by atoms with Gasteiger partial charge < -0.3 is 10.0 Å². The Labute approximate surface area is 115 Å². The number of rotatable bonds is 5. The molecule has 0 atom stereocenters. The third-order valence-corrected chi connectivity index (χ3v) is 4.65. The van der Waals surface area contributed by atoms with Gasteiger partial charge in [-0.25, -0.2) is 0 Å². The lowest BCUT2D eigenvalue weighted by Crippen LogP contribution is -2.40. The average Bonchev–Trinajstić information content (AvgIpc) is 3.17. The van der Waals surface area contributed by atoms with E-state index in [0.717, 1.165) is 38.5 Å². The molecule has 0 saturated heterocycles. The zero-order valence-electron chi connectivity index (χ0n) is 11.9. The van der Waals surface area contributed by atoms with Gasteiger partial charge in [0.15, 0.2) is 0 Å². The van der Waals surface area contributed by atoms with Crippen LogP contribution in [0.4, 0.5) is 0 Å². The Bertz CT molecular complexity index is 341. The molecule has 0 heterocycles. The van der Waals surface area contributed by atoms with Crippen molar-refractivity contribution in [1.29, 1.82) is 0 Å². The smallest absolute Gasteiger partial charge is 0.310 e. The van der Waals surface area contributed by atoms with Crippen LogP contribution in [0.5, 0.6) is 0 Å². The first-order chi connectivity index (χ1) is 9.09. The summed E-state index contributed by atoms with van der Waals surface area (Å²) < 4.78 is 0. The number of hydrogen-bond donors (Lipinski definition) is 1. The number of carbonyl (C=O) groups is 2. The van der Waals surface area contributed by atoms with Gasteiger partial charge in [-0.1, -0.05) is 25.7 Å². The number of carboxylic acids is 1. The van der Waals surface area contributed by atoms with Gasteiger partial charge in [0.25, 0.3) is 0 Å². The van der Waals surface area contributed by atoms with Crippen molar-refractivity contribution in [3.05, 3.63) is 0 Å². The molecule has 2 fully saturated rings. The zero-order valence-corrected chi connectivity index (χ0v) is 11.9. The van der Waals surface area contributed by atoms with Crippen molar-refractivity contribution in [1.82, 2.24) is 4.90 Å². The minimum absolute atomic E-state index is 0.0503. The number of carboxylic acid groups (broad SMARTS) is 1. The van der Waals surface area contributed by atoms with Gasteiger partial charge in [-0.15, -0.1) is 0 Å². The second kappa shape index (κ2) is 5.93. The Balaban J connectivity index is 2.06. The lowest BCUT2D eigenvalue weighted by atomic mass is 9.77. The molecule has 4 nitrogen and oxygen atoms in total. The van der Waals surface area contributed by atoms with Gasteiger partial charge in [-0.2, -0.15) is 0 Å². The topological polar surface area (TPSA) is 57.6 Å². The van der Waals surface area contributed by atoms with E-state index in [1.54, 1.807) is 0 Å². The molecule has 19 heavy (non-hydrogen) atoms. The van der Waals surface area contributed by atoms with E-state index in [9.17, 15) is 14.7 Å². The van der Waals surface area contributed by atoms with E-state index in [1.807, 2.05) is 11.8 Å². The molecule has 0 radical (unpaired) electrons. The molecule has 2 aliphatic carbocycles. The van der Waals surface area contributed by atoms with Crippen LogP contribution >= 0.6 is 0 Å². The Kier molecular flexibility index (Phi) is 4.48. The van der Waals surface area contributed by atoms with E-state index < -0.39 is 11.4 Å². The summed E-state index contributed by atoms with van der Waals surface area (Å²) in [6.45, 7) is 2.69. The maximum absolute atomic E-state index is 12.4. The summed E-state index contributed by atoms with van der Waals surface area (Å²) in [7, 11) is 0. The monoisotopic (exact) mass is 267 g/mol. The summed E-state index contributed by atoms with van der Waals surface area (Å²) in [5.74, 6) is -0.719. The normalized spacial score (nSPS) is 22.6. The third kappa shape index (κ3) is 3.28. The quantitative estimate of drug-likeness (QED) is 0.779. The number of hydrogen-bond acceptors (Lipinski definition) is 2. The average molecular weight is 267 g/mol. The molecular formula is C15H25NO3. The standard InChI is InChI=1S/C15H25NO3/c1-2-16(12-7-8-12)13(17)11-15(14(18)19)9-5-3-4-6-10-15/h12H,2-11H2,1H3,(H,18,19). The number of nitrogens with zero attached hydrogens (tertiary/aromatic N) is 1. The summed E-state index contributed by atoms with van der Waals surface area (Å²) in [4.78, 5) is 26.0. The van der Waals surface area contributed by atoms with Gasteiger partial charge in [-0.05, 0) is 32.6 Å². The minimum atomic E-state index is -0.796. The van der Waals surface area contributed by atoms with E-state index in [4.69, 9.17) is 0 Å². The molecule has 2 rings (SSSR count). The predicted molar refractivity (Wildman–Crippen MR) is 72.8 cm³/mol. The second-order valence-corrected chi connectivity index (χ2v) is 6.09. The van der Waals surface area contributed by atoms with Crippen molar-refractivity contribution in [3.63, 3.8) is 0 Å². The highest BCUT2D eigenvalue weighted by Gasteiger charge is 2.43. The first-order valence-electron chi connectivity index (χ1n) is 7.62. The summed E-state index contributed by atoms with van der Waals surface area (Å²) in [6.07, 6.45) is 7.77. The van der Waals surface area contributed by atoms with Crippen LogP contribution < -0.4 is 0 Å². The highest BCUT2D eigenvalue weighted by atomic mass is 16.4. The van der Waals surface area contributed by atoms with E-state index >= 15 is 0 Å². The van der Waals surface area contributed by atoms with Crippen molar-refractivity contribution in [2.45, 2.75) is 70.8 Å². The second-order valence-electron chi connectivity index (χ2n) is 6.09. The molecule has 0 unspecified atom stereocenters. The fourth-order valence-corrected chi connectivity index (χ4v) is 3.29. The van der Waals surface area contributed by atoms with Crippen LogP contribution in [-0.4, -0.2) is 34.5 Å². The molecule has 0 aliphatic heterocycles. The Morgan fingerprint density at radius 3 is 2.16 bits per heavy atom. The molecular weight excluding hydrogens is 242 g/mol. The molecule has 0 aromatic heterocycles. The largest absolute Gasteiger partial charge is 0.481 e. The molecule has 1 amide bonds. The summed E-state index contributed by atoms with van der Waals surface area (Å²) >= 11 is 0.